The Labute approximate surface area is 84.0 Å². The average Bonchev–Trinajstić information content (AvgIpc) is 2.09. The topological polar surface area (TPSA) is 48.4 Å². The van der Waals surface area contributed by atoms with E-state index in [1.165, 1.54) is 6.20 Å². The third-order valence-electron chi connectivity index (χ3n) is 1.15. The highest BCUT2D eigenvalue weighted by atomic mass is 79.9. The lowest BCUT2D eigenvalue weighted by Crippen LogP contribution is -2.10. The molecule has 1 rings (SSSR count). The molecule has 0 amide bonds. The third-order valence-corrected chi connectivity index (χ3v) is 1.62. The van der Waals surface area contributed by atoms with Crippen LogP contribution in [0, 0.1) is 0 Å². The molecule has 1 heterocycles. The van der Waals surface area contributed by atoms with Crippen LogP contribution in [0.3, 0.4) is 0 Å². The Balaban J connectivity index is 2.54. The first-order chi connectivity index (χ1) is 6.22. The van der Waals surface area contributed by atoms with Gasteiger partial charge >= 0.3 is 6.16 Å². The van der Waals surface area contributed by atoms with Crippen molar-refractivity contribution in [2.45, 2.75) is 6.92 Å². The molecule has 0 spiro atoms. The zero-order chi connectivity index (χ0) is 9.68. The summed E-state index contributed by atoms with van der Waals surface area (Å²) in [4.78, 5) is 14.6. The van der Waals surface area contributed by atoms with Gasteiger partial charge < -0.3 is 9.47 Å². The van der Waals surface area contributed by atoms with E-state index < -0.39 is 6.16 Å². The molecule has 0 aromatic carbocycles. The molecular weight excluding hydrogens is 238 g/mol. The van der Waals surface area contributed by atoms with Crippen molar-refractivity contribution >= 4 is 22.1 Å². The molecule has 0 radical (unpaired) electrons. The Morgan fingerprint density at radius 3 is 2.92 bits per heavy atom. The summed E-state index contributed by atoms with van der Waals surface area (Å²) in [5, 5.41) is 0. The van der Waals surface area contributed by atoms with Crippen LogP contribution in [0.15, 0.2) is 22.8 Å². The van der Waals surface area contributed by atoms with Crippen molar-refractivity contribution < 1.29 is 14.3 Å². The zero-order valence-corrected chi connectivity index (χ0v) is 8.58. The van der Waals surface area contributed by atoms with Gasteiger partial charge in [0.2, 0.25) is 5.88 Å². The third kappa shape index (κ3) is 3.42. The van der Waals surface area contributed by atoms with E-state index in [0.29, 0.717) is 0 Å². The quantitative estimate of drug-likeness (QED) is 0.751. The summed E-state index contributed by atoms with van der Waals surface area (Å²) in [6, 6.07) is 3.29. The van der Waals surface area contributed by atoms with Crippen molar-refractivity contribution in [3.63, 3.8) is 0 Å². The molecule has 0 saturated carbocycles. The van der Waals surface area contributed by atoms with E-state index in [1.807, 2.05) is 0 Å². The highest BCUT2D eigenvalue weighted by Crippen LogP contribution is 2.12. The minimum atomic E-state index is -0.739. The van der Waals surface area contributed by atoms with Crippen LogP contribution < -0.4 is 4.74 Å². The molecule has 1 aromatic rings. The maximum Gasteiger partial charge on any atom is 0.515 e. The Morgan fingerprint density at radius 2 is 2.38 bits per heavy atom. The molecule has 0 aliphatic rings. The maximum atomic E-state index is 10.8. The summed E-state index contributed by atoms with van der Waals surface area (Å²) in [7, 11) is 0. The van der Waals surface area contributed by atoms with E-state index in [4.69, 9.17) is 4.74 Å². The van der Waals surface area contributed by atoms with Gasteiger partial charge in [0, 0.05) is 16.7 Å². The summed E-state index contributed by atoms with van der Waals surface area (Å²) < 4.78 is 10.1. The van der Waals surface area contributed by atoms with Gasteiger partial charge in [-0.2, -0.15) is 0 Å². The second-order valence-electron chi connectivity index (χ2n) is 2.10. The number of carbonyl (C=O) groups excluding carboxylic acids is 1. The molecule has 5 heteroatoms. The number of hydrogen-bond donors (Lipinski definition) is 0. The smallest absolute Gasteiger partial charge is 0.434 e. The number of ether oxygens (including phenoxy) is 2. The van der Waals surface area contributed by atoms with Crippen molar-refractivity contribution in [1.82, 2.24) is 4.98 Å². The van der Waals surface area contributed by atoms with Crippen LogP contribution in [-0.4, -0.2) is 17.7 Å². The number of carbonyl (C=O) groups is 1. The first-order valence-corrected chi connectivity index (χ1v) is 4.48. The summed E-state index contributed by atoms with van der Waals surface area (Å²) in [6.07, 6.45) is 0.798. The lowest BCUT2D eigenvalue weighted by molar-refractivity contribution is 0.102. The van der Waals surface area contributed by atoms with Crippen molar-refractivity contribution in [1.29, 1.82) is 0 Å². The number of hydrogen-bond acceptors (Lipinski definition) is 4. The molecule has 70 valence electrons. The molecule has 0 saturated heterocycles. The zero-order valence-electron chi connectivity index (χ0n) is 6.99. The van der Waals surface area contributed by atoms with E-state index in [1.54, 1.807) is 19.1 Å². The van der Waals surface area contributed by atoms with Crippen LogP contribution in [-0.2, 0) is 4.74 Å². The molecule has 0 fully saturated rings. The highest BCUT2D eigenvalue weighted by Gasteiger charge is 2.04. The first-order valence-electron chi connectivity index (χ1n) is 3.68. The second-order valence-corrected chi connectivity index (χ2v) is 3.02. The molecule has 0 aliphatic carbocycles. The normalized spacial score (nSPS) is 9.38. The fourth-order valence-electron chi connectivity index (χ4n) is 0.655. The standard InChI is InChI=1S/C8H8BrNO3/c1-2-12-8(11)13-7-4-3-6(9)5-10-7/h3-5H,2H2,1H3. The van der Waals surface area contributed by atoms with Crippen molar-refractivity contribution in [3.8, 4) is 5.88 Å². The Kier molecular flexibility index (Phi) is 3.70. The van der Waals surface area contributed by atoms with Crippen LogP contribution in [0.25, 0.3) is 0 Å². The molecule has 13 heavy (non-hydrogen) atoms. The van der Waals surface area contributed by atoms with Gasteiger partial charge in [0.05, 0.1) is 6.61 Å². The van der Waals surface area contributed by atoms with Crippen LogP contribution in [0.4, 0.5) is 4.79 Å². The van der Waals surface area contributed by atoms with Gasteiger partial charge in [-0.25, -0.2) is 9.78 Å². The maximum absolute atomic E-state index is 10.8. The minimum Gasteiger partial charge on any atom is -0.434 e. The van der Waals surface area contributed by atoms with Crippen molar-refractivity contribution in [2.75, 3.05) is 6.61 Å². The largest absolute Gasteiger partial charge is 0.515 e. The van der Waals surface area contributed by atoms with Gasteiger partial charge in [-0.05, 0) is 28.9 Å². The van der Waals surface area contributed by atoms with E-state index in [2.05, 4.69) is 25.7 Å². The average molecular weight is 246 g/mol. The Bertz CT molecular complexity index is 286. The predicted octanol–water partition coefficient (Wildman–Crippen LogP) is 2.38. The molecule has 0 bridgehead atoms. The van der Waals surface area contributed by atoms with Gasteiger partial charge in [-0.1, -0.05) is 0 Å². The van der Waals surface area contributed by atoms with E-state index in [0.717, 1.165) is 4.47 Å². The lowest BCUT2D eigenvalue weighted by atomic mass is 10.5. The highest BCUT2D eigenvalue weighted by molar-refractivity contribution is 9.10. The van der Waals surface area contributed by atoms with Crippen LogP contribution in [0.5, 0.6) is 5.88 Å². The van der Waals surface area contributed by atoms with Gasteiger partial charge in [0.25, 0.3) is 0 Å². The van der Waals surface area contributed by atoms with Crippen LogP contribution >= 0.6 is 15.9 Å². The van der Waals surface area contributed by atoms with Crippen LogP contribution in [0.1, 0.15) is 6.92 Å². The predicted molar refractivity (Wildman–Crippen MR) is 49.6 cm³/mol. The van der Waals surface area contributed by atoms with Gasteiger partial charge in [-0.15, -0.1) is 0 Å². The fourth-order valence-corrected chi connectivity index (χ4v) is 0.890. The van der Waals surface area contributed by atoms with Crippen molar-refractivity contribution in [2.24, 2.45) is 0 Å². The lowest BCUT2D eigenvalue weighted by Gasteiger charge is -2.01. The van der Waals surface area contributed by atoms with E-state index in [-0.39, 0.29) is 12.5 Å². The Morgan fingerprint density at radius 1 is 1.62 bits per heavy atom. The summed E-state index contributed by atoms with van der Waals surface area (Å²) in [5.41, 5.74) is 0. The number of rotatable bonds is 2. The monoisotopic (exact) mass is 245 g/mol. The van der Waals surface area contributed by atoms with E-state index >= 15 is 0 Å². The van der Waals surface area contributed by atoms with Crippen LogP contribution in [0.2, 0.25) is 0 Å². The Hall–Kier alpha value is -1.10. The molecule has 0 unspecified atom stereocenters. The summed E-state index contributed by atoms with van der Waals surface area (Å²) in [5.74, 6) is 0.224. The SMILES string of the molecule is CCOC(=O)Oc1ccc(Br)cn1. The summed E-state index contributed by atoms with van der Waals surface area (Å²) in [6.45, 7) is 1.99. The van der Waals surface area contributed by atoms with Gasteiger partial charge in [0.1, 0.15) is 0 Å². The number of pyridine rings is 1. The second kappa shape index (κ2) is 4.81. The molecular formula is C8H8BrNO3. The van der Waals surface area contributed by atoms with Gasteiger partial charge in [-0.3, -0.25) is 0 Å². The minimum absolute atomic E-state index is 0.224. The molecule has 0 atom stereocenters. The van der Waals surface area contributed by atoms with Crippen molar-refractivity contribution in [3.05, 3.63) is 22.8 Å². The van der Waals surface area contributed by atoms with Gasteiger partial charge in [0.15, 0.2) is 0 Å². The number of nitrogens with zero attached hydrogens (tertiary/aromatic N) is 1. The number of halogens is 1. The molecule has 0 N–H and O–H groups in total. The fraction of sp³-hybridized carbons (Fsp3) is 0.250. The van der Waals surface area contributed by atoms with E-state index in [9.17, 15) is 4.79 Å². The molecule has 1 aromatic heterocycles. The first kappa shape index (κ1) is 9.98. The summed E-state index contributed by atoms with van der Waals surface area (Å²) >= 11 is 3.21. The molecule has 0 aliphatic heterocycles. The number of aromatic nitrogens is 1. The molecule has 4 nitrogen and oxygen atoms in total.